The van der Waals surface area contributed by atoms with Gasteiger partial charge in [-0.05, 0) is 36.4 Å². The summed E-state index contributed by atoms with van der Waals surface area (Å²) in [4.78, 5) is 16.9. The van der Waals surface area contributed by atoms with Crippen LogP contribution in [0.5, 0.6) is 11.5 Å². The Morgan fingerprint density at radius 2 is 1.94 bits per heavy atom. The maximum atomic E-state index is 12.4. The molecule has 0 aliphatic heterocycles. The van der Waals surface area contributed by atoms with Gasteiger partial charge >= 0.3 is 0 Å². The molecule has 31 heavy (non-hydrogen) atoms. The van der Waals surface area contributed by atoms with Crippen LogP contribution in [0, 0.1) is 0 Å². The fourth-order valence-corrected chi connectivity index (χ4v) is 4.11. The van der Waals surface area contributed by atoms with Crippen LogP contribution in [-0.2, 0) is 4.79 Å². The Kier molecular flexibility index (Phi) is 6.29. The molecule has 2 aromatic carbocycles. The number of fused-ring (bicyclic) bond motifs is 1. The van der Waals surface area contributed by atoms with E-state index in [1.165, 1.54) is 11.8 Å². The highest BCUT2D eigenvalue weighted by molar-refractivity contribution is 8.00. The summed E-state index contributed by atoms with van der Waals surface area (Å²) in [6.07, 6.45) is 3.44. The van der Waals surface area contributed by atoms with E-state index in [4.69, 9.17) is 21.1 Å². The number of carbonyl (C=O) groups is 1. The molecule has 0 aliphatic carbocycles. The van der Waals surface area contributed by atoms with E-state index in [9.17, 15) is 4.79 Å². The highest BCUT2D eigenvalue weighted by Crippen LogP contribution is 2.31. The molecule has 0 fully saturated rings. The fourth-order valence-electron chi connectivity index (χ4n) is 3.07. The van der Waals surface area contributed by atoms with Gasteiger partial charge in [0.25, 0.3) is 0 Å². The molecule has 2 aromatic heterocycles. The number of hydrogen-bond donors (Lipinski definition) is 1. The van der Waals surface area contributed by atoms with Gasteiger partial charge in [0.15, 0.2) is 0 Å². The molecule has 0 saturated heterocycles. The molecule has 1 amide bonds. The van der Waals surface area contributed by atoms with E-state index in [1.54, 1.807) is 49.3 Å². The average molecular weight is 455 g/mol. The molecule has 0 bridgehead atoms. The number of anilines is 1. The Labute approximate surface area is 188 Å². The van der Waals surface area contributed by atoms with Crippen LogP contribution in [0.2, 0.25) is 5.02 Å². The number of carbonyl (C=O) groups excluding carboxylic acids is 1. The molecule has 0 saturated carbocycles. The van der Waals surface area contributed by atoms with Gasteiger partial charge in [0.1, 0.15) is 16.5 Å². The van der Waals surface area contributed by atoms with Gasteiger partial charge in [-0.2, -0.15) is 5.10 Å². The number of para-hydroxylation sites is 1. The van der Waals surface area contributed by atoms with E-state index in [0.717, 1.165) is 22.5 Å². The lowest BCUT2D eigenvalue weighted by Crippen LogP contribution is -2.14. The molecule has 2 heterocycles. The quantitative estimate of drug-likeness (QED) is 0.404. The maximum Gasteiger partial charge on any atom is 0.234 e. The Bertz CT molecular complexity index is 1240. The summed E-state index contributed by atoms with van der Waals surface area (Å²) in [7, 11) is 3.17. The minimum Gasteiger partial charge on any atom is -0.496 e. The first-order chi connectivity index (χ1) is 15.1. The van der Waals surface area contributed by atoms with Gasteiger partial charge in [0.2, 0.25) is 5.91 Å². The molecule has 0 unspecified atom stereocenters. The van der Waals surface area contributed by atoms with Crippen molar-refractivity contribution in [3.63, 3.8) is 0 Å². The molecular formula is C22H19ClN4O3S. The number of aromatic nitrogens is 3. The van der Waals surface area contributed by atoms with E-state index in [-0.39, 0.29) is 11.7 Å². The van der Waals surface area contributed by atoms with Gasteiger partial charge < -0.3 is 14.8 Å². The number of methoxy groups -OCH3 is 2. The lowest BCUT2D eigenvalue weighted by atomic mass is 10.1. The summed E-state index contributed by atoms with van der Waals surface area (Å²) in [6, 6.07) is 14.7. The topological polar surface area (TPSA) is 77.8 Å². The minimum absolute atomic E-state index is 0.167. The second-order valence-corrected chi connectivity index (χ2v) is 7.85. The van der Waals surface area contributed by atoms with Crippen LogP contribution < -0.4 is 14.8 Å². The molecule has 7 nitrogen and oxygen atoms in total. The summed E-state index contributed by atoms with van der Waals surface area (Å²) in [6.45, 7) is 0. The van der Waals surface area contributed by atoms with Crippen LogP contribution in [0.25, 0.3) is 16.8 Å². The van der Waals surface area contributed by atoms with E-state index in [2.05, 4.69) is 15.4 Å². The van der Waals surface area contributed by atoms with Gasteiger partial charge in [-0.1, -0.05) is 35.5 Å². The van der Waals surface area contributed by atoms with Crippen LogP contribution in [0.3, 0.4) is 0 Å². The second-order valence-electron chi connectivity index (χ2n) is 6.48. The van der Waals surface area contributed by atoms with Crippen LogP contribution in [0.1, 0.15) is 0 Å². The van der Waals surface area contributed by atoms with Crippen molar-refractivity contribution in [2.75, 3.05) is 25.3 Å². The Morgan fingerprint density at radius 1 is 1.13 bits per heavy atom. The minimum atomic E-state index is -0.167. The first-order valence-electron chi connectivity index (χ1n) is 9.33. The van der Waals surface area contributed by atoms with E-state index >= 15 is 0 Å². The molecule has 0 spiro atoms. The number of hydrogen-bond acceptors (Lipinski definition) is 6. The number of nitrogens with zero attached hydrogens (tertiary/aromatic N) is 3. The molecule has 4 aromatic rings. The average Bonchev–Trinajstić information content (AvgIpc) is 3.22. The van der Waals surface area contributed by atoms with Crippen molar-refractivity contribution in [3.8, 4) is 22.8 Å². The Balaban J connectivity index is 1.50. The summed E-state index contributed by atoms with van der Waals surface area (Å²) < 4.78 is 12.3. The first-order valence-corrected chi connectivity index (χ1v) is 10.7. The number of amides is 1. The number of halogens is 1. The third-order valence-electron chi connectivity index (χ3n) is 4.51. The van der Waals surface area contributed by atoms with Crippen molar-refractivity contribution >= 4 is 40.5 Å². The molecule has 158 valence electrons. The summed E-state index contributed by atoms with van der Waals surface area (Å²) in [5.41, 5.74) is 3.07. The number of ether oxygens (including phenoxy) is 2. The summed E-state index contributed by atoms with van der Waals surface area (Å²) in [5, 5.41) is 8.60. The number of thioether (sulfide) groups is 1. The SMILES string of the molecule is COc1ccc(NC(=O)CSc2nccn3nc(-c4ccccc4OC)cc23)cc1Cl. The van der Waals surface area contributed by atoms with Gasteiger partial charge in [-0.15, -0.1) is 0 Å². The van der Waals surface area contributed by atoms with Crippen molar-refractivity contribution in [1.82, 2.24) is 14.6 Å². The van der Waals surface area contributed by atoms with E-state index in [0.29, 0.717) is 21.5 Å². The predicted molar refractivity (Wildman–Crippen MR) is 122 cm³/mol. The van der Waals surface area contributed by atoms with Crippen molar-refractivity contribution in [1.29, 1.82) is 0 Å². The van der Waals surface area contributed by atoms with Crippen LogP contribution >= 0.6 is 23.4 Å². The van der Waals surface area contributed by atoms with Gasteiger partial charge in [-0.25, -0.2) is 9.50 Å². The van der Waals surface area contributed by atoms with E-state index in [1.807, 2.05) is 30.3 Å². The molecule has 0 radical (unpaired) electrons. The van der Waals surface area contributed by atoms with Crippen molar-refractivity contribution in [2.45, 2.75) is 5.03 Å². The smallest absolute Gasteiger partial charge is 0.234 e. The Morgan fingerprint density at radius 3 is 2.71 bits per heavy atom. The van der Waals surface area contributed by atoms with Crippen molar-refractivity contribution < 1.29 is 14.3 Å². The van der Waals surface area contributed by atoms with Gasteiger partial charge in [0.05, 0.1) is 36.2 Å². The third-order valence-corrected chi connectivity index (χ3v) is 5.80. The lowest BCUT2D eigenvalue weighted by Gasteiger charge is -2.08. The van der Waals surface area contributed by atoms with Crippen LogP contribution in [-0.4, -0.2) is 40.5 Å². The Hall–Kier alpha value is -3.23. The molecule has 0 aliphatic rings. The van der Waals surface area contributed by atoms with E-state index < -0.39 is 0 Å². The first kappa shape index (κ1) is 21.0. The molecular weight excluding hydrogens is 436 g/mol. The summed E-state index contributed by atoms with van der Waals surface area (Å²) >= 11 is 7.45. The van der Waals surface area contributed by atoms with Gasteiger partial charge in [0, 0.05) is 23.6 Å². The number of benzene rings is 2. The zero-order chi connectivity index (χ0) is 21.8. The molecule has 1 N–H and O–H groups in total. The zero-order valence-electron chi connectivity index (χ0n) is 16.8. The second kappa shape index (κ2) is 9.28. The highest BCUT2D eigenvalue weighted by atomic mass is 35.5. The maximum absolute atomic E-state index is 12.4. The van der Waals surface area contributed by atoms with Crippen molar-refractivity contribution in [3.05, 3.63) is 65.9 Å². The van der Waals surface area contributed by atoms with Gasteiger partial charge in [-0.3, -0.25) is 4.79 Å². The number of nitrogens with one attached hydrogen (secondary N) is 1. The van der Waals surface area contributed by atoms with Crippen LogP contribution in [0.15, 0.2) is 66.0 Å². The normalized spacial score (nSPS) is 10.8. The largest absolute Gasteiger partial charge is 0.496 e. The summed E-state index contributed by atoms with van der Waals surface area (Å²) in [5.74, 6) is 1.31. The fraction of sp³-hybridized carbons (Fsp3) is 0.136. The highest BCUT2D eigenvalue weighted by Gasteiger charge is 2.14. The monoisotopic (exact) mass is 454 g/mol. The standard InChI is InChI=1S/C22H19ClN4O3S/c1-29-19-6-4-3-5-15(19)17-12-18-22(24-9-10-27(18)26-17)31-13-21(28)25-14-7-8-20(30-2)16(23)11-14/h3-12H,13H2,1-2H3,(H,25,28). The lowest BCUT2D eigenvalue weighted by molar-refractivity contribution is -0.113. The number of rotatable bonds is 7. The van der Waals surface area contributed by atoms with Crippen molar-refractivity contribution in [2.24, 2.45) is 0 Å². The molecule has 0 atom stereocenters. The molecule has 9 heteroatoms. The zero-order valence-corrected chi connectivity index (χ0v) is 18.4. The van der Waals surface area contributed by atoms with Crippen LogP contribution in [0.4, 0.5) is 5.69 Å². The molecule has 4 rings (SSSR count). The third kappa shape index (κ3) is 4.60. The predicted octanol–water partition coefficient (Wildman–Crippen LogP) is 4.80.